The third-order valence-corrected chi connectivity index (χ3v) is 1.93. The van der Waals surface area contributed by atoms with Gasteiger partial charge in [-0.15, -0.1) is 12.4 Å². The lowest BCUT2D eigenvalue weighted by Crippen LogP contribution is -2.11. The molecule has 5 heteroatoms. The summed E-state index contributed by atoms with van der Waals surface area (Å²) in [6.07, 6.45) is 0.438. The van der Waals surface area contributed by atoms with Crippen molar-refractivity contribution in [2.75, 3.05) is 0 Å². The van der Waals surface area contributed by atoms with Crippen LogP contribution in [0.1, 0.15) is 24.9 Å². The molecule has 0 saturated carbocycles. The fourth-order valence-corrected chi connectivity index (χ4v) is 1.11. The van der Waals surface area contributed by atoms with Gasteiger partial charge in [0, 0.05) is 11.6 Å². The second-order valence-corrected chi connectivity index (χ2v) is 2.81. The molecule has 3 N–H and O–H groups in total. The van der Waals surface area contributed by atoms with Crippen LogP contribution in [0, 0.1) is 11.6 Å². The summed E-state index contributed by atoms with van der Waals surface area (Å²) in [6, 6.07) is 1.16. The van der Waals surface area contributed by atoms with Crippen LogP contribution in [0.3, 0.4) is 0 Å². The van der Waals surface area contributed by atoms with E-state index >= 15 is 0 Å². The third kappa shape index (κ3) is 2.33. The number of phenolic OH excluding ortho intramolecular Hbond substituents is 1. The predicted molar refractivity (Wildman–Crippen MR) is 52.5 cm³/mol. The Kier molecular flexibility index (Phi) is 4.80. The highest BCUT2D eigenvalue weighted by Gasteiger charge is 2.17. The van der Waals surface area contributed by atoms with Gasteiger partial charge in [-0.25, -0.2) is 8.78 Å². The van der Waals surface area contributed by atoms with E-state index in [-0.39, 0.29) is 18.0 Å². The zero-order valence-electron chi connectivity index (χ0n) is 7.63. The van der Waals surface area contributed by atoms with Crippen LogP contribution in [-0.2, 0) is 0 Å². The van der Waals surface area contributed by atoms with E-state index in [1.165, 1.54) is 0 Å². The van der Waals surface area contributed by atoms with E-state index in [0.29, 0.717) is 6.42 Å². The maximum Gasteiger partial charge on any atom is 0.165 e. The molecule has 0 fully saturated rings. The molecule has 0 aliphatic rings. The van der Waals surface area contributed by atoms with Gasteiger partial charge in [-0.1, -0.05) is 6.92 Å². The van der Waals surface area contributed by atoms with Gasteiger partial charge >= 0.3 is 0 Å². The Morgan fingerprint density at radius 2 is 1.86 bits per heavy atom. The minimum atomic E-state index is -0.847. The van der Waals surface area contributed by atoms with Crippen LogP contribution in [0.2, 0.25) is 0 Å². The lowest BCUT2D eigenvalue weighted by Gasteiger charge is -2.12. The van der Waals surface area contributed by atoms with Gasteiger partial charge in [-0.3, -0.25) is 0 Å². The molecule has 0 heterocycles. The van der Waals surface area contributed by atoms with Gasteiger partial charge in [0.15, 0.2) is 11.6 Å². The average Bonchev–Trinajstić information content (AvgIpc) is 2.12. The van der Waals surface area contributed by atoms with Crippen molar-refractivity contribution in [2.24, 2.45) is 5.73 Å². The van der Waals surface area contributed by atoms with Crippen LogP contribution in [-0.4, -0.2) is 5.11 Å². The molecule has 0 aromatic heterocycles. The summed E-state index contributed by atoms with van der Waals surface area (Å²) in [5.74, 6) is -2.21. The SMILES string of the molecule is CC[C@H](N)c1c(F)ccc(F)c1O.Cl. The summed E-state index contributed by atoms with van der Waals surface area (Å²) in [5.41, 5.74) is 5.35. The normalized spacial score (nSPS) is 12.0. The monoisotopic (exact) mass is 223 g/mol. The van der Waals surface area contributed by atoms with Crippen LogP contribution >= 0.6 is 12.4 Å². The van der Waals surface area contributed by atoms with E-state index in [1.54, 1.807) is 6.92 Å². The van der Waals surface area contributed by atoms with Gasteiger partial charge in [0.05, 0.1) is 0 Å². The van der Waals surface area contributed by atoms with Gasteiger partial charge in [0.2, 0.25) is 0 Å². The van der Waals surface area contributed by atoms with Crippen LogP contribution in [0.5, 0.6) is 5.75 Å². The number of nitrogens with two attached hydrogens (primary N) is 1. The van der Waals surface area contributed by atoms with Crippen molar-refractivity contribution in [1.82, 2.24) is 0 Å². The molecule has 0 saturated heterocycles. The summed E-state index contributed by atoms with van der Waals surface area (Å²) in [6.45, 7) is 1.73. The van der Waals surface area contributed by atoms with E-state index in [2.05, 4.69) is 0 Å². The molecule has 0 unspecified atom stereocenters. The van der Waals surface area contributed by atoms with Gasteiger partial charge in [0.1, 0.15) is 5.82 Å². The quantitative estimate of drug-likeness (QED) is 0.809. The topological polar surface area (TPSA) is 46.2 Å². The summed E-state index contributed by atoms with van der Waals surface area (Å²) in [7, 11) is 0. The molecule has 1 aromatic carbocycles. The first-order valence-corrected chi connectivity index (χ1v) is 4.00. The molecular formula is C9H12ClF2NO. The molecule has 80 valence electrons. The molecule has 0 aliphatic carbocycles. The average molecular weight is 224 g/mol. The maximum absolute atomic E-state index is 13.1. The minimum absolute atomic E-state index is 0. The van der Waals surface area contributed by atoms with Crippen LogP contribution < -0.4 is 5.73 Å². The summed E-state index contributed by atoms with van der Waals surface area (Å²) >= 11 is 0. The van der Waals surface area contributed by atoms with E-state index in [0.717, 1.165) is 12.1 Å². The molecule has 1 atom stereocenters. The van der Waals surface area contributed by atoms with Crippen molar-refractivity contribution in [3.05, 3.63) is 29.3 Å². The zero-order chi connectivity index (χ0) is 10.0. The number of rotatable bonds is 2. The number of hydrogen-bond acceptors (Lipinski definition) is 2. The predicted octanol–water partition coefficient (Wildman–Crippen LogP) is 2.50. The summed E-state index contributed by atoms with van der Waals surface area (Å²) < 4.78 is 25.8. The maximum atomic E-state index is 13.1. The van der Waals surface area contributed by atoms with Crippen molar-refractivity contribution in [3.8, 4) is 5.75 Å². The van der Waals surface area contributed by atoms with E-state index in [4.69, 9.17) is 5.73 Å². The highest BCUT2D eigenvalue weighted by Crippen LogP contribution is 2.29. The molecule has 2 nitrogen and oxygen atoms in total. The van der Waals surface area contributed by atoms with Crippen molar-refractivity contribution in [3.63, 3.8) is 0 Å². The Bertz CT molecular complexity index is 320. The largest absolute Gasteiger partial charge is 0.505 e. The third-order valence-electron chi connectivity index (χ3n) is 1.93. The first-order chi connectivity index (χ1) is 6.07. The smallest absolute Gasteiger partial charge is 0.165 e. The lowest BCUT2D eigenvalue weighted by atomic mass is 10.0. The molecule has 0 bridgehead atoms. The number of halogens is 3. The van der Waals surface area contributed by atoms with Crippen LogP contribution in [0.25, 0.3) is 0 Å². The minimum Gasteiger partial charge on any atom is -0.505 e. The standard InChI is InChI=1S/C9H11F2NO.ClH/c1-2-7(12)8-5(10)3-4-6(11)9(8)13;/h3-4,7,13H,2,12H2,1H3;1H/t7-;/m0./s1. The van der Waals surface area contributed by atoms with E-state index in [1.807, 2.05) is 0 Å². The number of benzene rings is 1. The molecule has 1 aromatic rings. The van der Waals surface area contributed by atoms with Crippen LogP contribution in [0.4, 0.5) is 8.78 Å². The second-order valence-electron chi connectivity index (χ2n) is 2.81. The first kappa shape index (κ1) is 13.1. The molecule has 0 amide bonds. The van der Waals surface area contributed by atoms with Crippen LogP contribution in [0.15, 0.2) is 12.1 Å². The van der Waals surface area contributed by atoms with Gasteiger partial charge in [0.25, 0.3) is 0 Å². The molecule has 0 spiro atoms. The zero-order valence-corrected chi connectivity index (χ0v) is 8.44. The number of phenols is 1. The van der Waals surface area contributed by atoms with Crippen molar-refractivity contribution in [2.45, 2.75) is 19.4 Å². The molecular weight excluding hydrogens is 212 g/mol. The van der Waals surface area contributed by atoms with E-state index in [9.17, 15) is 13.9 Å². The van der Waals surface area contributed by atoms with Crippen molar-refractivity contribution >= 4 is 12.4 Å². The first-order valence-electron chi connectivity index (χ1n) is 4.00. The van der Waals surface area contributed by atoms with Gasteiger partial charge in [-0.05, 0) is 18.6 Å². The Labute approximate surface area is 87.1 Å². The number of aromatic hydroxyl groups is 1. The Balaban J connectivity index is 0.00000169. The van der Waals surface area contributed by atoms with Crippen molar-refractivity contribution < 1.29 is 13.9 Å². The molecule has 1 rings (SSSR count). The van der Waals surface area contributed by atoms with Gasteiger partial charge in [-0.2, -0.15) is 0 Å². The fourth-order valence-electron chi connectivity index (χ4n) is 1.11. The fraction of sp³-hybridized carbons (Fsp3) is 0.333. The van der Waals surface area contributed by atoms with Crippen molar-refractivity contribution in [1.29, 1.82) is 0 Å². The second kappa shape index (κ2) is 5.12. The number of hydrogen-bond donors (Lipinski definition) is 2. The molecule has 0 aliphatic heterocycles. The molecule has 14 heavy (non-hydrogen) atoms. The van der Waals surface area contributed by atoms with Gasteiger partial charge < -0.3 is 10.8 Å². The highest BCUT2D eigenvalue weighted by molar-refractivity contribution is 5.85. The highest BCUT2D eigenvalue weighted by atomic mass is 35.5. The van der Waals surface area contributed by atoms with E-state index < -0.39 is 23.4 Å². The molecule has 0 radical (unpaired) electrons. The Morgan fingerprint density at radius 1 is 1.36 bits per heavy atom. The lowest BCUT2D eigenvalue weighted by molar-refractivity contribution is 0.409. The summed E-state index contributed by atoms with van der Waals surface area (Å²) in [4.78, 5) is 0. The Morgan fingerprint density at radius 3 is 2.36 bits per heavy atom. The Hall–Kier alpha value is -0.870. The summed E-state index contributed by atoms with van der Waals surface area (Å²) in [5, 5.41) is 9.18.